The number of esters is 1. The van der Waals surface area contributed by atoms with Crippen LogP contribution in [0.2, 0.25) is 0 Å². The molecule has 2 N–H and O–H groups in total. The Balaban J connectivity index is 1.71. The van der Waals surface area contributed by atoms with E-state index in [1.165, 1.54) is 7.11 Å². The molecule has 0 radical (unpaired) electrons. The van der Waals surface area contributed by atoms with Crippen molar-refractivity contribution in [2.45, 2.75) is 31.5 Å². The van der Waals surface area contributed by atoms with Crippen molar-refractivity contribution in [1.82, 2.24) is 10.6 Å². The van der Waals surface area contributed by atoms with Gasteiger partial charge in [0.25, 0.3) is 0 Å². The molecule has 2 atom stereocenters. The first-order valence-corrected chi connectivity index (χ1v) is 12.2. The largest absolute Gasteiger partial charge is 0.467 e. The summed E-state index contributed by atoms with van der Waals surface area (Å²) >= 11 is 2.20. The van der Waals surface area contributed by atoms with E-state index in [2.05, 4.69) is 33.2 Å². The van der Waals surface area contributed by atoms with Crippen LogP contribution in [0, 0.1) is 3.57 Å². The van der Waals surface area contributed by atoms with Crippen molar-refractivity contribution in [3.05, 3.63) is 105 Å². The van der Waals surface area contributed by atoms with E-state index in [0.29, 0.717) is 0 Å². The van der Waals surface area contributed by atoms with Gasteiger partial charge in [0.2, 0.25) is 5.91 Å². The first-order chi connectivity index (χ1) is 16.9. The lowest BCUT2D eigenvalue weighted by atomic mass is 10.0. The van der Waals surface area contributed by atoms with Crippen LogP contribution in [0.3, 0.4) is 0 Å². The van der Waals surface area contributed by atoms with Crippen LogP contribution in [0.4, 0.5) is 4.79 Å². The highest BCUT2D eigenvalue weighted by atomic mass is 127. The minimum Gasteiger partial charge on any atom is -0.467 e. The van der Waals surface area contributed by atoms with Crippen molar-refractivity contribution in [3.8, 4) is 0 Å². The first kappa shape index (κ1) is 26.2. The van der Waals surface area contributed by atoms with Crippen LogP contribution < -0.4 is 10.6 Å². The second-order valence-corrected chi connectivity index (χ2v) is 9.11. The summed E-state index contributed by atoms with van der Waals surface area (Å²) in [4.78, 5) is 38.2. The Hall–Kier alpha value is -3.40. The van der Waals surface area contributed by atoms with Gasteiger partial charge in [0.15, 0.2) is 0 Å². The molecule has 0 fully saturated rings. The Morgan fingerprint density at radius 3 is 1.89 bits per heavy atom. The number of hydrogen-bond acceptors (Lipinski definition) is 5. The summed E-state index contributed by atoms with van der Waals surface area (Å²) < 4.78 is 11.3. The molecule has 8 heteroatoms. The number of amides is 2. The molecule has 0 bridgehead atoms. The van der Waals surface area contributed by atoms with E-state index < -0.39 is 30.1 Å². The van der Waals surface area contributed by atoms with Gasteiger partial charge in [-0.15, -0.1) is 0 Å². The first-order valence-electron chi connectivity index (χ1n) is 11.1. The van der Waals surface area contributed by atoms with Crippen molar-refractivity contribution < 1.29 is 23.9 Å². The topological polar surface area (TPSA) is 93.7 Å². The van der Waals surface area contributed by atoms with Gasteiger partial charge in [-0.1, -0.05) is 72.8 Å². The summed E-state index contributed by atoms with van der Waals surface area (Å²) in [7, 11) is 1.27. The molecular formula is C27H27IN2O5. The zero-order valence-electron chi connectivity index (χ0n) is 19.3. The highest BCUT2D eigenvalue weighted by Gasteiger charge is 2.28. The predicted octanol–water partition coefficient (Wildman–Crippen LogP) is 4.03. The zero-order chi connectivity index (χ0) is 25.0. The molecular weight excluding hydrogens is 559 g/mol. The number of rotatable bonds is 10. The lowest BCUT2D eigenvalue weighted by Gasteiger charge is -2.22. The SMILES string of the molecule is COC(=O)[C@@H](Cc1ccc(I)cc1)NC(=O)[C@@H](Cc1ccccc1)NC(=O)OCc1ccccc1. The smallest absolute Gasteiger partial charge is 0.408 e. The summed E-state index contributed by atoms with van der Waals surface area (Å²) in [6.45, 7) is 0.0734. The van der Waals surface area contributed by atoms with Gasteiger partial charge in [0.1, 0.15) is 18.7 Å². The van der Waals surface area contributed by atoms with Gasteiger partial charge in [0, 0.05) is 16.4 Å². The summed E-state index contributed by atoms with van der Waals surface area (Å²) in [5.74, 6) is -1.08. The van der Waals surface area contributed by atoms with Gasteiger partial charge in [0.05, 0.1) is 7.11 Å². The number of carbonyl (C=O) groups is 3. The maximum atomic E-state index is 13.2. The van der Waals surface area contributed by atoms with E-state index in [0.717, 1.165) is 20.3 Å². The van der Waals surface area contributed by atoms with Gasteiger partial charge < -0.3 is 20.1 Å². The second-order valence-electron chi connectivity index (χ2n) is 7.86. The Bertz CT molecular complexity index is 1110. The highest BCUT2D eigenvalue weighted by molar-refractivity contribution is 14.1. The van der Waals surface area contributed by atoms with Crippen LogP contribution in [0.1, 0.15) is 16.7 Å². The molecule has 0 saturated heterocycles. The number of halogens is 1. The Morgan fingerprint density at radius 1 is 0.743 bits per heavy atom. The Morgan fingerprint density at radius 2 is 1.29 bits per heavy atom. The normalized spacial score (nSPS) is 12.2. The van der Waals surface area contributed by atoms with Crippen molar-refractivity contribution in [2.75, 3.05) is 7.11 Å². The third kappa shape index (κ3) is 8.71. The quantitative estimate of drug-likeness (QED) is 0.277. The molecule has 0 aliphatic carbocycles. The summed E-state index contributed by atoms with van der Waals surface area (Å²) in [6, 6.07) is 24.3. The molecule has 0 aliphatic heterocycles. The molecule has 35 heavy (non-hydrogen) atoms. The van der Waals surface area contributed by atoms with Gasteiger partial charge in [-0.2, -0.15) is 0 Å². The van der Waals surface area contributed by atoms with E-state index in [1.807, 2.05) is 84.9 Å². The lowest BCUT2D eigenvalue weighted by molar-refractivity contribution is -0.145. The predicted molar refractivity (Wildman–Crippen MR) is 141 cm³/mol. The fraction of sp³-hybridized carbons (Fsp3) is 0.222. The molecule has 3 rings (SSSR count). The molecule has 2 amide bonds. The molecule has 0 spiro atoms. The maximum Gasteiger partial charge on any atom is 0.408 e. The second kappa shape index (κ2) is 13.5. The Kier molecular flexibility index (Phi) is 10.1. The molecule has 0 unspecified atom stereocenters. The fourth-order valence-electron chi connectivity index (χ4n) is 3.43. The van der Waals surface area contributed by atoms with Crippen LogP contribution in [0.5, 0.6) is 0 Å². The minimum atomic E-state index is -0.954. The molecule has 3 aromatic rings. The monoisotopic (exact) mass is 586 g/mol. The van der Waals surface area contributed by atoms with E-state index in [4.69, 9.17) is 9.47 Å². The molecule has 7 nitrogen and oxygen atoms in total. The summed E-state index contributed by atoms with van der Waals surface area (Å²) in [5.41, 5.74) is 2.55. The van der Waals surface area contributed by atoms with Crippen molar-refractivity contribution in [3.63, 3.8) is 0 Å². The maximum absolute atomic E-state index is 13.2. The van der Waals surface area contributed by atoms with E-state index in [-0.39, 0.29) is 19.4 Å². The van der Waals surface area contributed by atoms with Gasteiger partial charge in [-0.3, -0.25) is 4.79 Å². The van der Waals surface area contributed by atoms with Gasteiger partial charge in [-0.25, -0.2) is 9.59 Å². The van der Waals surface area contributed by atoms with Gasteiger partial charge in [-0.05, 0) is 51.4 Å². The number of ether oxygens (including phenoxy) is 2. The van der Waals surface area contributed by atoms with Crippen LogP contribution in [0.25, 0.3) is 0 Å². The van der Waals surface area contributed by atoms with Crippen LogP contribution in [-0.2, 0) is 38.5 Å². The Labute approximate surface area is 218 Å². The third-order valence-corrected chi connectivity index (χ3v) is 5.98. The number of benzene rings is 3. The van der Waals surface area contributed by atoms with E-state index >= 15 is 0 Å². The summed E-state index contributed by atoms with van der Waals surface area (Å²) in [5, 5.41) is 5.39. The minimum absolute atomic E-state index is 0.0734. The van der Waals surface area contributed by atoms with Crippen molar-refractivity contribution in [2.24, 2.45) is 0 Å². The molecule has 0 saturated carbocycles. The average Bonchev–Trinajstić information content (AvgIpc) is 2.88. The van der Waals surface area contributed by atoms with Gasteiger partial charge >= 0.3 is 12.1 Å². The number of nitrogens with one attached hydrogen (secondary N) is 2. The lowest BCUT2D eigenvalue weighted by Crippen LogP contribution is -2.53. The van der Waals surface area contributed by atoms with Crippen molar-refractivity contribution >= 4 is 40.6 Å². The van der Waals surface area contributed by atoms with Crippen LogP contribution in [0.15, 0.2) is 84.9 Å². The highest BCUT2D eigenvalue weighted by Crippen LogP contribution is 2.11. The molecule has 0 aliphatic rings. The number of hydrogen-bond donors (Lipinski definition) is 2. The number of alkyl carbamates (subject to hydrolysis) is 1. The zero-order valence-corrected chi connectivity index (χ0v) is 21.4. The molecule has 3 aromatic carbocycles. The molecule has 182 valence electrons. The van der Waals surface area contributed by atoms with E-state index in [1.54, 1.807) is 0 Å². The average molecular weight is 586 g/mol. The standard InChI is InChI=1S/C27H27IN2O5/c1-34-26(32)24(17-20-12-14-22(28)15-13-20)29-25(31)23(16-19-8-4-2-5-9-19)30-27(33)35-18-21-10-6-3-7-11-21/h2-15,23-24H,16-18H2,1H3,(H,29,31)(H,30,33)/t23-,24-/m1/s1. The number of methoxy groups -OCH3 is 1. The van der Waals surface area contributed by atoms with E-state index in [9.17, 15) is 14.4 Å². The molecule has 0 heterocycles. The molecule has 0 aromatic heterocycles. The summed E-state index contributed by atoms with van der Waals surface area (Å²) in [6.07, 6.45) is -0.242. The fourth-order valence-corrected chi connectivity index (χ4v) is 3.79. The van der Waals surface area contributed by atoms with Crippen LogP contribution >= 0.6 is 22.6 Å². The number of carbonyl (C=O) groups excluding carboxylic acids is 3. The van der Waals surface area contributed by atoms with Crippen LogP contribution in [-0.4, -0.2) is 37.2 Å². The van der Waals surface area contributed by atoms with Crippen molar-refractivity contribution in [1.29, 1.82) is 0 Å². The third-order valence-electron chi connectivity index (χ3n) is 5.26.